The van der Waals surface area contributed by atoms with E-state index in [1.807, 2.05) is 33.0 Å². The Morgan fingerprint density at radius 3 is 2.48 bits per heavy atom. The molecule has 1 N–H and O–H groups in total. The van der Waals surface area contributed by atoms with Gasteiger partial charge in [0, 0.05) is 34.5 Å². The minimum absolute atomic E-state index is 0.391. The van der Waals surface area contributed by atoms with Crippen LogP contribution in [0.3, 0.4) is 0 Å². The Morgan fingerprint density at radius 2 is 1.92 bits per heavy atom. The van der Waals surface area contributed by atoms with Crippen molar-refractivity contribution in [2.75, 3.05) is 5.32 Å². The van der Waals surface area contributed by atoms with Crippen molar-refractivity contribution in [3.8, 4) is 0 Å². The number of aromatic nitrogens is 2. The van der Waals surface area contributed by atoms with E-state index in [1.165, 1.54) is 13.0 Å². The molecule has 0 aliphatic heterocycles. The molecule has 1 amide bonds. The number of amides is 1. The van der Waals surface area contributed by atoms with Gasteiger partial charge in [0.2, 0.25) is 0 Å². The molecular weight excluding hydrogens is 386 g/mol. The zero-order valence-electron chi connectivity index (χ0n) is 14.5. The van der Waals surface area contributed by atoms with Crippen LogP contribution in [0.25, 0.3) is 6.08 Å². The third-order valence-corrected chi connectivity index (χ3v) is 4.25. The van der Waals surface area contributed by atoms with Crippen molar-refractivity contribution in [1.29, 1.82) is 0 Å². The Bertz CT molecular complexity index is 810. The Morgan fingerprint density at radius 1 is 1.28 bits per heavy atom. The fourth-order valence-corrected chi connectivity index (χ4v) is 2.49. The second-order valence-corrected chi connectivity index (χ2v) is 6.53. The molecule has 1 atom stereocenters. The fraction of sp³-hybridized carbons (Fsp3) is 0.278. The van der Waals surface area contributed by atoms with Crippen molar-refractivity contribution in [3.05, 3.63) is 51.8 Å². The first-order chi connectivity index (χ1) is 11.8. The maximum absolute atomic E-state index is 12.1. The van der Waals surface area contributed by atoms with E-state index in [9.17, 15) is 9.59 Å². The fourth-order valence-electron chi connectivity index (χ4n) is 2.23. The Hall–Kier alpha value is -2.41. The van der Waals surface area contributed by atoms with Crippen LogP contribution in [0.5, 0.6) is 0 Å². The molecule has 1 heterocycles. The molecule has 0 fully saturated rings. The van der Waals surface area contributed by atoms with Crippen LogP contribution in [-0.4, -0.2) is 27.8 Å². The standard InChI is InChI=1S/C18H20BrN3O3/c1-11-16(12(2)22(4)21-11)9-10-17(23)25-13(3)18(24)20-15-7-5-14(19)6-8-15/h5-10,13H,1-4H3,(H,20,24)/b10-9+/t13-/m0/s1. The topological polar surface area (TPSA) is 73.2 Å². The average molecular weight is 406 g/mol. The number of nitrogens with one attached hydrogen (secondary N) is 1. The number of carbonyl (C=O) groups excluding carboxylic acids is 2. The molecule has 2 rings (SSSR count). The van der Waals surface area contributed by atoms with E-state index in [-0.39, 0.29) is 0 Å². The molecule has 132 valence electrons. The molecule has 1 aromatic carbocycles. The van der Waals surface area contributed by atoms with Gasteiger partial charge in [-0.3, -0.25) is 9.48 Å². The SMILES string of the molecule is Cc1nn(C)c(C)c1/C=C/C(=O)O[C@@H](C)C(=O)Nc1ccc(Br)cc1. The molecule has 7 heteroatoms. The smallest absolute Gasteiger partial charge is 0.331 e. The van der Waals surface area contributed by atoms with Crippen LogP contribution in [0.1, 0.15) is 23.9 Å². The van der Waals surface area contributed by atoms with Crippen LogP contribution >= 0.6 is 15.9 Å². The zero-order chi connectivity index (χ0) is 18.6. The predicted molar refractivity (Wildman–Crippen MR) is 100 cm³/mol. The molecule has 0 saturated heterocycles. The minimum atomic E-state index is -0.906. The van der Waals surface area contributed by atoms with Crippen molar-refractivity contribution in [3.63, 3.8) is 0 Å². The largest absolute Gasteiger partial charge is 0.449 e. The Balaban J connectivity index is 1.93. The third kappa shape index (κ3) is 5.03. The second kappa shape index (κ2) is 8.11. The average Bonchev–Trinajstić information content (AvgIpc) is 2.80. The van der Waals surface area contributed by atoms with E-state index in [2.05, 4.69) is 26.3 Å². The predicted octanol–water partition coefficient (Wildman–Crippen LogP) is 3.38. The molecule has 2 aromatic rings. The lowest BCUT2D eigenvalue weighted by Gasteiger charge is -2.12. The zero-order valence-corrected chi connectivity index (χ0v) is 16.1. The molecule has 0 aliphatic carbocycles. The highest BCUT2D eigenvalue weighted by atomic mass is 79.9. The lowest BCUT2D eigenvalue weighted by atomic mass is 10.2. The molecule has 0 bridgehead atoms. The highest BCUT2D eigenvalue weighted by molar-refractivity contribution is 9.10. The van der Waals surface area contributed by atoms with Gasteiger partial charge in [0.05, 0.1) is 5.69 Å². The van der Waals surface area contributed by atoms with E-state index < -0.39 is 18.0 Å². The van der Waals surface area contributed by atoms with Gasteiger partial charge in [-0.1, -0.05) is 15.9 Å². The molecule has 6 nitrogen and oxygen atoms in total. The summed E-state index contributed by atoms with van der Waals surface area (Å²) in [5.41, 5.74) is 3.27. The first-order valence-corrected chi connectivity index (χ1v) is 8.52. The molecule has 25 heavy (non-hydrogen) atoms. The number of esters is 1. The van der Waals surface area contributed by atoms with Gasteiger partial charge in [-0.05, 0) is 51.1 Å². The quantitative estimate of drug-likeness (QED) is 0.611. The van der Waals surface area contributed by atoms with Crippen LogP contribution in [0.2, 0.25) is 0 Å². The Kier molecular flexibility index (Phi) is 6.14. The van der Waals surface area contributed by atoms with Crippen molar-refractivity contribution in [2.45, 2.75) is 26.9 Å². The van der Waals surface area contributed by atoms with E-state index in [4.69, 9.17) is 4.74 Å². The number of ether oxygens (including phenoxy) is 1. The molecule has 0 aliphatic rings. The number of rotatable bonds is 5. The first-order valence-electron chi connectivity index (χ1n) is 7.73. The number of nitrogens with zero attached hydrogens (tertiary/aromatic N) is 2. The second-order valence-electron chi connectivity index (χ2n) is 5.62. The minimum Gasteiger partial charge on any atom is -0.449 e. The highest BCUT2D eigenvalue weighted by Gasteiger charge is 2.17. The van der Waals surface area contributed by atoms with Crippen molar-refractivity contribution in [2.24, 2.45) is 7.05 Å². The summed E-state index contributed by atoms with van der Waals surface area (Å²) in [4.78, 5) is 24.0. The summed E-state index contributed by atoms with van der Waals surface area (Å²) in [5.74, 6) is -0.973. The highest BCUT2D eigenvalue weighted by Crippen LogP contribution is 2.15. The summed E-state index contributed by atoms with van der Waals surface area (Å²) in [6.45, 7) is 5.31. The van der Waals surface area contributed by atoms with E-state index >= 15 is 0 Å². The van der Waals surface area contributed by atoms with Crippen molar-refractivity contribution in [1.82, 2.24) is 9.78 Å². The molecule has 0 unspecified atom stereocenters. The monoisotopic (exact) mass is 405 g/mol. The maximum atomic E-state index is 12.1. The van der Waals surface area contributed by atoms with Gasteiger partial charge in [0.25, 0.3) is 5.91 Å². The lowest BCUT2D eigenvalue weighted by Crippen LogP contribution is -2.29. The number of hydrogen-bond acceptors (Lipinski definition) is 4. The van der Waals surface area contributed by atoms with E-state index in [0.29, 0.717) is 5.69 Å². The van der Waals surface area contributed by atoms with Crippen LogP contribution in [0.15, 0.2) is 34.8 Å². The van der Waals surface area contributed by atoms with Gasteiger partial charge < -0.3 is 10.1 Å². The van der Waals surface area contributed by atoms with Crippen LogP contribution < -0.4 is 5.32 Å². The van der Waals surface area contributed by atoms with E-state index in [1.54, 1.807) is 22.9 Å². The number of carbonyl (C=O) groups is 2. The van der Waals surface area contributed by atoms with Crippen LogP contribution in [0, 0.1) is 13.8 Å². The summed E-state index contributed by atoms with van der Waals surface area (Å²) in [7, 11) is 1.84. The summed E-state index contributed by atoms with van der Waals surface area (Å²) >= 11 is 3.33. The maximum Gasteiger partial charge on any atom is 0.331 e. The summed E-state index contributed by atoms with van der Waals surface area (Å²) < 4.78 is 7.80. The molecule has 1 aromatic heterocycles. The Labute approximate surface area is 155 Å². The third-order valence-electron chi connectivity index (χ3n) is 3.72. The van der Waals surface area contributed by atoms with Gasteiger partial charge in [-0.2, -0.15) is 5.10 Å². The summed E-state index contributed by atoms with van der Waals surface area (Å²) in [6, 6.07) is 7.13. The van der Waals surface area contributed by atoms with Crippen LogP contribution in [-0.2, 0) is 21.4 Å². The lowest BCUT2D eigenvalue weighted by molar-refractivity contribution is -0.148. The molecule has 0 spiro atoms. The van der Waals surface area contributed by atoms with Crippen molar-refractivity contribution < 1.29 is 14.3 Å². The summed E-state index contributed by atoms with van der Waals surface area (Å²) in [5, 5.41) is 6.97. The molecule has 0 radical (unpaired) electrons. The number of anilines is 1. The van der Waals surface area contributed by atoms with Gasteiger partial charge in [-0.25, -0.2) is 4.79 Å². The van der Waals surface area contributed by atoms with Gasteiger partial charge in [0.1, 0.15) is 0 Å². The number of halogens is 1. The van der Waals surface area contributed by atoms with E-state index in [0.717, 1.165) is 21.4 Å². The van der Waals surface area contributed by atoms with Gasteiger partial charge >= 0.3 is 5.97 Å². The summed E-state index contributed by atoms with van der Waals surface area (Å²) in [6.07, 6.45) is 2.05. The van der Waals surface area contributed by atoms with Crippen LogP contribution in [0.4, 0.5) is 5.69 Å². The number of benzene rings is 1. The number of aryl methyl sites for hydroxylation is 2. The normalized spacial score (nSPS) is 12.2. The molecular formula is C18H20BrN3O3. The van der Waals surface area contributed by atoms with Gasteiger partial charge in [-0.15, -0.1) is 0 Å². The molecule has 0 saturated carbocycles. The number of hydrogen-bond donors (Lipinski definition) is 1. The first kappa shape index (κ1) is 18.9. The van der Waals surface area contributed by atoms with Crippen molar-refractivity contribution >= 4 is 39.6 Å². The van der Waals surface area contributed by atoms with Gasteiger partial charge in [0.15, 0.2) is 6.10 Å².